The van der Waals surface area contributed by atoms with E-state index in [0.29, 0.717) is 13.2 Å². The predicted molar refractivity (Wildman–Crippen MR) is 68.4 cm³/mol. The van der Waals surface area contributed by atoms with Gasteiger partial charge in [-0.1, -0.05) is 24.8 Å². The monoisotopic (exact) mass is 233 g/mol. The number of hydrogen-bond acceptors (Lipinski definition) is 3. The summed E-state index contributed by atoms with van der Waals surface area (Å²) in [6, 6.07) is 7.98. The van der Waals surface area contributed by atoms with Gasteiger partial charge in [-0.25, -0.2) is 0 Å². The van der Waals surface area contributed by atoms with E-state index in [4.69, 9.17) is 4.74 Å². The Morgan fingerprint density at radius 1 is 1.41 bits per heavy atom. The van der Waals surface area contributed by atoms with Crippen LogP contribution in [0.4, 0.5) is 0 Å². The minimum atomic E-state index is -0.288. The number of aliphatic hydroxyl groups excluding tert-OH is 1. The van der Waals surface area contributed by atoms with Gasteiger partial charge in [0.2, 0.25) is 0 Å². The largest absolute Gasteiger partial charge is 0.490 e. The van der Waals surface area contributed by atoms with Crippen molar-refractivity contribution >= 4 is 0 Å². The molecular weight excluding hydrogens is 214 g/mol. The van der Waals surface area contributed by atoms with Gasteiger partial charge < -0.3 is 15.2 Å². The maximum atomic E-state index is 9.93. The van der Waals surface area contributed by atoms with E-state index < -0.39 is 0 Å². The normalized spacial score (nSPS) is 24.3. The Balaban J connectivity index is 2.03. The zero-order valence-corrected chi connectivity index (χ0v) is 9.93. The van der Waals surface area contributed by atoms with Gasteiger partial charge >= 0.3 is 0 Å². The highest BCUT2D eigenvalue weighted by atomic mass is 16.5. The molecule has 0 spiro atoms. The molecule has 1 aromatic rings. The Morgan fingerprint density at radius 2 is 2.18 bits per heavy atom. The summed E-state index contributed by atoms with van der Waals surface area (Å²) in [6.45, 7) is 5.78. The number of hydrogen-bond donors (Lipinski definition) is 2. The van der Waals surface area contributed by atoms with E-state index in [2.05, 4.69) is 11.9 Å². The molecule has 0 bridgehead atoms. The first kappa shape index (κ1) is 12.1. The molecule has 1 saturated heterocycles. The molecular formula is C14H19NO2. The average molecular weight is 233 g/mol. The van der Waals surface area contributed by atoms with Crippen molar-refractivity contribution in [1.82, 2.24) is 5.32 Å². The van der Waals surface area contributed by atoms with Crippen LogP contribution < -0.4 is 10.1 Å². The van der Waals surface area contributed by atoms with E-state index in [1.165, 1.54) is 5.56 Å². The Kier molecular flexibility index (Phi) is 4.18. The van der Waals surface area contributed by atoms with Crippen molar-refractivity contribution in [2.75, 3.05) is 19.7 Å². The fraction of sp³-hybridized carbons (Fsp3) is 0.429. The first-order chi connectivity index (χ1) is 8.31. The number of piperidine rings is 1. The van der Waals surface area contributed by atoms with Crippen molar-refractivity contribution in [2.24, 2.45) is 0 Å². The van der Waals surface area contributed by atoms with Gasteiger partial charge in [-0.3, -0.25) is 0 Å². The molecule has 0 amide bonds. The lowest BCUT2D eigenvalue weighted by molar-refractivity contribution is 0.118. The van der Waals surface area contributed by atoms with E-state index in [9.17, 15) is 5.11 Å². The Bertz CT molecular complexity index is 361. The summed E-state index contributed by atoms with van der Waals surface area (Å²) in [5.41, 5.74) is 1.19. The van der Waals surface area contributed by atoms with Crippen molar-refractivity contribution in [2.45, 2.75) is 18.4 Å². The molecule has 2 unspecified atom stereocenters. The van der Waals surface area contributed by atoms with Crippen LogP contribution in [0.15, 0.2) is 36.9 Å². The van der Waals surface area contributed by atoms with E-state index in [0.717, 1.165) is 18.7 Å². The molecule has 1 aliphatic rings. The maximum Gasteiger partial charge on any atom is 0.119 e. The van der Waals surface area contributed by atoms with Gasteiger partial charge in [0.15, 0.2) is 0 Å². The van der Waals surface area contributed by atoms with Gasteiger partial charge in [0.1, 0.15) is 12.4 Å². The summed E-state index contributed by atoms with van der Waals surface area (Å²) in [6.07, 6.45) is 2.42. The average Bonchev–Trinajstić information content (AvgIpc) is 2.38. The lowest BCUT2D eigenvalue weighted by atomic mass is 9.88. The van der Waals surface area contributed by atoms with Crippen molar-refractivity contribution < 1.29 is 9.84 Å². The Hall–Kier alpha value is -1.32. The van der Waals surface area contributed by atoms with Crippen LogP contribution >= 0.6 is 0 Å². The van der Waals surface area contributed by atoms with Crippen LogP contribution in [-0.4, -0.2) is 30.9 Å². The fourth-order valence-electron chi connectivity index (χ4n) is 2.20. The number of rotatable bonds is 4. The first-order valence-corrected chi connectivity index (χ1v) is 6.03. The molecule has 1 aliphatic heterocycles. The molecule has 0 radical (unpaired) electrons. The van der Waals surface area contributed by atoms with Crippen LogP contribution in [0.25, 0.3) is 0 Å². The second-order valence-electron chi connectivity index (χ2n) is 4.34. The lowest BCUT2D eigenvalue weighted by Crippen LogP contribution is -2.39. The van der Waals surface area contributed by atoms with Gasteiger partial charge in [-0.05, 0) is 30.7 Å². The molecule has 92 valence electrons. The van der Waals surface area contributed by atoms with Gasteiger partial charge in [-0.2, -0.15) is 0 Å². The molecule has 1 aromatic carbocycles. The highest BCUT2D eigenvalue weighted by Gasteiger charge is 2.24. The van der Waals surface area contributed by atoms with Crippen LogP contribution in [0.2, 0.25) is 0 Å². The summed E-state index contributed by atoms with van der Waals surface area (Å²) >= 11 is 0. The van der Waals surface area contributed by atoms with Gasteiger partial charge in [0.05, 0.1) is 6.10 Å². The van der Waals surface area contributed by atoms with Crippen molar-refractivity contribution in [1.29, 1.82) is 0 Å². The molecule has 0 saturated carbocycles. The third-order valence-corrected chi connectivity index (χ3v) is 3.13. The van der Waals surface area contributed by atoms with Crippen molar-refractivity contribution in [3.05, 3.63) is 42.5 Å². The second kappa shape index (κ2) is 5.84. The van der Waals surface area contributed by atoms with Crippen LogP contribution in [0.3, 0.4) is 0 Å². The van der Waals surface area contributed by atoms with E-state index in [-0.39, 0.29) is 12.0 Å². The summed E-state index contributed by atoms with van der Waals surface area (Å²) in [7, 11) is 0. The summed E-state index contributed by atoms with van der Waals surface area (Å²) in [5, 5.41) is 13.1. The molecule has 3 nitrogen and oxygen atoms in total. The minimum absolute atomic E-state index is 0.240. The smallest absolute Gasteiger partial charge is 0.119 e. The number of β-amino-alcohol motifs (C(OH)–C–C–N with tert-alkyl or cyclic N) is 1. The SMILES string of the molecule is C=CCOc1ccc(C2CCNCC2O)cc1. The third kappa shape index (κ3) is 3.08. The van der Waals surface area contributed by atoms with Crippen LogP contribution in [0, 0.1) is 0 Å². The highest BCUT2D eigenvalue weighted by Crippen LogP contribution is 2.27. The zero-order valence-electron chi connectivity index (χ0n) is 9.93. The van der Waals surface area contributed by atoms with E-state index >= 15 is 0 Å². The number of nitrogens with one attached hydrogen (secondary N) is 1. The highest BCUT2D eigenvalue weighted by molar-refractivity contribution is 5.30. The molecule has 0 aromatic heterocycles. The van der Waals surface area contributed by atoms with E-state index in [1.54, 1.807) is 6.08 Å². The quantitative estimate of drug-likeness (QED) is 0.778. The van der Waals surface area contributed by atoms with Crippen LogP contribution in [-0.2, 0) is 0 Å². The maximum absolute atomic E-state index is 9.93. The molecule has 1 heterocycles. The Labute approximate surface area is 102 Å². The number of benzene rings is 1. The van der Waals surface area contributed by atoms with Crippen LogP contribution in [0.1, 0.15) is 17.9 Å². The summed E-state index contributed by atoms with van der Waals surface area (Å²) in [5.74, 6) is 1.08. The zero-order chi connectivity index (χ0) is 12.1. The molecule has 2 atom stereocenters. The van der Waals surface area contributed by atoms with Crippen molar-refractivity contribution in [3.8, 4) is 5.75 Å². The van der Waals surface area contributed by atoms with Gasteiger partial charge in [0.25, 0.3) is 0 Å². The topological polar surface area (TPSA) is 41.5 Å². The standard InChI is InChI=1S/C14H19NO2/c1-2-9-17-12-5-3-11(4-6-12)13-7-8-15-10-14(13)16/h2-6,13-16H,1,7-10H2. The van der Waals surface area contributed by atoms with Crippen molar-refractivity contribution in [3.63, 3.8) is 0 Å². The third-order valence-electron chi connectivity index (χ3n) is 3.13. The molecule has 0 aliphatic carbocycles. The molecule has 1 fully saturated rings. The summed E-state index contributed by atoms with van der Waals surface area (Å²) in [4.78, 5) is 0. The summed E-state index contributed by atoms with van der Waals surface area (Å²) < 4.78 is 5.43. The van der Waals surface area contributed by atoms with Gasteiger partial charge in [-0.15, -0.1) is 0 Å². The Morgan fingerprint density at radius 3 is 2.82 bits per heavy atom. The van der Waals surface area contributed by atoms with E-state index in [1.807, 2.05) is 24.3 Å². The predicted octanol–water partition coefficient (Wildman–Crippen LogP) is 1.69. The lowest BCUT2D eigenvalue weighted by Gasteiger charge is -2.28. The molecule has 3 heteroatoms. The minimum Gasteiger partial charge on any atom is -0.490 e. The molecule has 2 N–H and O–H groups in total. The molecule has 2 rings (SSSR count). The van der Waals surface area contributed by atoms with Gasteiger partial charge in [0, 0.05) is 12.5 Å². The fourth-order valence-corrected chi connectivity index (χ4v) is 2.20. The van der Waals surface area contributed by atoms with Crippen LogP contribution in [0.5, 0.6) is 5.75 Å². The number of aliphatic hydroxyl groups is 1. The molecule has 17 heavy (non-hydrogen) atoms. The number of ether oxygens (including phenoxy) is 1. The second-order valence-corrected chi connectivity index (χ2v) is 4.34. The first-order valence-electron chi connectivity index (χ1n) is 6.03.